The predicted octanol–water partition coefficient (Wildman–Crippen LogP) is 6.11. The van der Waals surface area contributed by atoms with E-state index in [1.54, 1.807) is 0 Å². The summed E-state index contributed by atoms with van der Waals surface area (Å²) in [5.74, 6) is 1.15. The Hall–Kier alpha value is 0.447. The van der Waals surface area contributed by atoms with Gasteiger partial charge in [-0.2, -0.15) is 0 Å². The van der Waals surface area contributed by atoms with Gasteiger partial charge in [-0.15, -0.1) is 11.8 Å². The maximum atomic E-state index is 6.77. The van der Waals surface area contributed by atoms with Crippen LogP contribution >= 0.6 is 27.7 Å². The summed E-state index contributed by atoms with van der Waals surface area (Å²) in [5, 5.41) is 5.34. The minimum absolute atomic E-state index is 0.183. The molecule has 5 heteroatoms. The van der Waals surface area contributed by atoms with Crippen LogP contribution in [-0.4, -0.2) is 36.9 Å². The molecule has 0 saturated carbocycles. The van der Waals surface area contributed by atoms with Crippen LogP contribution in [0.5, 0.6) is 0 Å². The van der Waals surface area contributed by atoms with Crippen LogP contribution in [-0.2, 0) is 4.43 Å². The van der Waals surface area contributed by atoms with Crippen molar-refractivity contribution >= 4 is 36.0 Å². The van der Waals surface area contributed by atoms with Crippen LogP contribution in [0.4, 0.5) is 0 Å². The van der Waals surface area contributed by atoms with Gasteiger partial charge in [0.25, 0.3) is 0 Å². The normalized spacial score (nSPS) is 25.2. The second-order valence-electron chi connectivity index (χ2n) is 8.45. The largest absolute Gasteiger partial charge is 0.410 e. The third kappa shape index (κ3) is 6.98. The standard InChI is InChI=1S/C19H36BrNOSSi/c1-14(12-20)9-10-18(22-24(7,8)19(4,5)6)15(2)11-17-13-23-16(3)21-17/h9,11,16-18,21H,10,12-13H2,1-8H3/b14-9-,15-11+/t16?,17?,18-/m0/s1. The maximum Gasteiger partial charge on any atom is 0.192 e. The van der Waals surface area contributed by atoms with Gasteiger partial charge in [-0.05, 0) is 50.9 Å². The summed E-state index contributed by atoms with van der Waals surface area (Å²) in [6, 6.07) is 0.469. The second kappa shape index (κ2) is 9.40. The van der Waals surface area contributed by atoms with Crippen molar-refractivity contribution in [3.05, 3.63) is 23.3 Å². The maximum absolute atomic E-state index is 6.77. The Balaban J connectivity index is 2.94. The van der Waals surface area contributed by atoms with Crippen LogP contribution in [0, 0.1) is 0 Å². The molecule has 24 heavy (non-hydrogen) atoms. The van der Waals surface area contributed by atoms with Gasteiger partial charge in [0.1, 0.15) is 0 Å². The lowest BCUT2D eigenvalue weighted by Crippen LogP contribution is -2.44. The fraction of sp³-hybridized carbons (Fsp3) is 0.789. The number of alkyl halides is 1. The number of hydrogen-bond acceptors (Lipinski definition) is 3. The molecule has 1 rings (SSSR count). The zero-order chi connectivity index (χ0) is 18.5. The molecule has 2 unspecified atom stereocenters. The molecule has 1 N–H and O–H groups in total. The molecule has 0 radical (unpaired) electrons. The third-order valence-electron chi connectivity index (χ3n) is 5.08. The lowest BCUT2D eigenvalue weighted by Gasteiger charge is -2.39. The monoisotopic (exact) mass is 433 g/mol. The van der Waals surface area contributed by atoms with Crippen LogP contribution in [0.1, 0.15) is 48.0 Å². The molecule has 0 aromatic rings. The van der Waals surface area contributed by atoms with E-state index in [1.165, 1.54) is 11.1 Å². The van der Waals surface area contributed by atoms with Crippen molar-refractivity contribution in [3.63, 3.8) is 0 Å². The van der Waals surface area contributed by atoms with Crippen molar-refractivity contribution in [1.82, 2.24) is 5.32 Å². The summed E-state index contributed by atoms with van der Waals surface area (Å²) >= 11 is 5.54. The first kappa shape index (κ1) is 22.5. The highest BCUT2D eigenvalue weighted by atomic mass is 79.9. The van der Waals surface area contributed by atoms with Crippen LogP contribution in [0.3, 0.4) is 0 Å². The summed E-state index contributed by atoms with van der Waals surface area (Å²) in [6.45, 7) is 18.3. The summed E-state index contributed by atoms with van der Waals surface area (Å²) in [6.07, 6.45) is 5.86. The molecule has 0 aromatic carbocycles. The van der Waals surface area contributed by atoms with E-state index >= 15 is 0 Å². The molecule has 1 aliphatic rings. The Bertz CT molecular complexity index is 470. The third-order valence-corrected chi connectivity index (χ3v) is 11.6. The summed E-state index contributed by atoms with van der Waals surface area (Å²) in [7, 11) is -1.79. The van der Waals surface area contributed by atoms with E-state index in [1.807, 2.05) is 11.8 Å². The summed E-state index contributed by atoms with van der Waals surface area (Å²) < 4.78 is 6.77. The minimum Gasteiger partial charge on any atom is -0.410 e. The van der Waals surface area contributed by atoms with Gasteiger partial charge in [0.2, 0.25) is 0 Å². The molecule has 1 saturated heterocycles. The second-order valence-corrected chi connectivity index (χ2v) is 15.1. The van der Waals surface area contributed by atoms with Crippen molar-refractivity contribution in [2.45, 2.75) is 83.6 Å². The van der Waals surface area contributed by atoms with Crippen molar-refractivity contribution in [2.24, 2.45) is 0 Å². The first-order chi connectivity index (χ1) is 11.0. The number of allylic oxidation sites excluding steroid dienone is 1. The average Bonchev–Trinajstić information content (AvgIpc) is 2.86. The first-order valence-corrected chi connectivity index (χ1v) is 14.0. The lowest BCUT2D eigenvalue weighted by atomic mass is 10.0. The smallest absolute Gasteiger partial charge is 0.192 e. The Morgan fingerprint density at radius 2 is 2.00 bits per heavy atom. The fourth-order valence-corrected chi connectivity index (χ4v) is 4.92. The van der Waals surface area contributed by atoms with E-state index in [0.29, 0.717) is 11.4 Å². The van der Waals surface area contributed by atoms with Crippen molar-refractivity contribution in [2.75, 3.05) is 11.1 Å². The van der Waals surface area contributed by atoms with E-state index in [0.717, 1.165) is 17.5 Å². The Labute approximate surface area is 163 Å². The van der Waals surface area contributed by atoms with E-state index in [-0.39, 0.29) is 11.1 Å². The van der Waals surface area contributed by atoms with Crippen molar-refractivity contribution in [3.8, 4) is 0 Å². The van der Waals surface area contributed by atoms with Gasteiger partial charge in [0, 0.05) is 17.1 Å². The Morgan fingerprint density at radius 3 is 2.46 bits per heavy atom. The Morgan fingerprint density at radius 1 is 1.38 bits per heavy atom. The number of hydrogen-bond donors (Lipinski definition) is 1. The van der Waals surface area contributed by atoms with E-state index in [9.17, 15) is 0 Å². The minimum atomic E-state index is -1.79. The highest BCUT2D eigenvalue weighted by Gasteiger charge is 2.39. The molecule has 1 fully saturated rings. The molecule has 1 aliphatic heterocycles. The highest BCUT2D eigenvalue weighted by molar-refractivity contribution is 9.09. The van der Waals surface area contributed by atoms with Crippen LogP contribution in [0.15, 0.2) is 23.3 Å². The first-order valence-electron chi connectivity index (χ1n) is 8.91. The average molecular weight is 435 g/mol. The topological polar surface area (TPSA) is 21.3 Å². The van der Waals surface area contributed by atoms with Gasteiger partial charge < -0.3 is 4.43 Å². The van der Waals surface area contributed by atoms with Gasteiger partial charge in [-0.3, -0.25) is 5.32 Å². The zero-order valence-corrected chi connectivity index (χ0v) is 20.1. The van der Waals surface area contributed by atoms with Gasteiger partial charge >= 0.3 is 0 Å². The van der Waals surface area contributed by atoms with Crippen LogP contribution in [0.2, 0.25) is 18.1 Å². The molecule has 0 aromatic heterocycles. The molecular weight excluding hydrogens is 398 g/mol. The van der Waals surface area contributed by atoms with Gasteiger partial charge in [-0.25, -0.2) is 0 Å². The van der Waals surface area contributed by atoms with Gasteiger partial charge in [0.05, 0.1) is 11.5 Å². The van der Waals surface area contributed by atoms with E-state index in [2.05, 4.69) is 88.0 Å². The number of halogens is 1. The van der Waals surface area contributed by atoms with Crippen molar-refractivity contribution < 1.29 is 4.43 Å². The zero-order valence-electron chi connectivity index (χ0n) is 16.7. The van der Waals surface area contributed by atoms with Crippen molar-refractivity contribution in [1.29, 1.82) is 0 Å². The number of thioether (sulfide) groups is 1. The molecular formula is C19H36BrNOSSi. The molecule has 0 spiro atoms. The van der Waals surface area contributed by atoms with Crippen LogP contribution < -0.4 is 5.32 Å². The molecule has 0 amide bonds. The molecule has 0 aliphatic carbocycles. The fourth-order valence-electron chi connectivity index (χ4n) is 2.39. The molecule has 0 bridgehead atoms. The lowest BCUT2D eigenvalue weighted by molar-refractivity contribution is 0.215. The van der Waals surface area contributed by atoms with E-state index < -0.39 is 8.32 Å². The molecule has 3 atom stereocenters. The SMILES string of the molecule is C/C(=C/C[C@H](O[Si](C)(C)C(C)(C)C)/C(C)=C/C1CSC(C)N1)CBr. The molecule has 140 valence electrons. The van der Waals surface area contributed by atoms with Gasteiger partial charge in [-0.1, -0.05) is 54.4 Å². The Kier molecular flexibility index (Phi) is 8.81. The predicted molar refractivity (Wildman–Crippen MR) is 117 cm³/mol. The number of nitrogens with one attached hydrogen (secondary N) is 1. The van der Waals surface area contributed by atoms with E-state index in [4.69, 9.17) is 4.43 Å². The quantitative estimate of drug-likeness (QED) is 0.297. The number of rotatable bonds is 7. The summed E-state index contributed by atoms with van der Waals surface area (Å²) in [5.41, 5.74) is 2.74. The highest BCUT2D eigenvalue weighted by Crippen LogP contribution is 2.38. The molecule has 2 nitrogen and oxygen atoms in total. The van der Waals surface area contributed by atoms with Crippen LogP contribution in [0.25, 0.3) is 0 Å². The molecule has 1 heterocycles. The van der Waals surface area contributed by atoms with Gasteiger partial charge in [0.15, 0.2) is 8.32 Å². The summed E-state index contributed by atoms with van der Waals surface area (Å²) in [4.78, 5) is 0.